The zero-order chi connectivity index (χ0) is 15.1. The number of benzene rings is 2. The van der Waals surface area contributed by atoms with Gasteiger partial charge in [0.2, 0.25) is 0 Å². The normalized spacial score (nSPS) is 9.67. The molecule has 2 heteroatoms. The minimum atomic E-state index is 0.755. The fraction of sp³-hybridized carbons (Fsp3) is 0.263. The Bertz CT molecular complexity index is 646. The summed E-state index contributed by atoms with van der Waals surface area (Å²) in [5.41, 5.74) is 3.18. The number of methoxy groups -OCH3 is 2. The maximum absolute atomic E-state index is 5.33. The first kappa shape index (κ1) is 15.0. The molecule has 0 saturated heterocycles. The van der Waals surface area contributed by atoms with Gasteiger partial charge in [0.25, 0.3) is 0 Å². The molecule has 2 aromatic rings. The van der Waals surface area contributed by atoms with Crippen LogP contribution in [0.5, 0.6) is 11.5 Å². The van der Waals surface area contributed by atoms with Gasteiger partial charge in [0.1, 0.15) is 11.5 Å². The standard InChI is InChI=1S/C19H20O2/c1-4-5-15-6-8-16(9-7-15)10-11-17-14-18(20-2)12-13-19(17)21-3/h6-9,12-14H,4-5H2,1-3H3. The summed E-state index contributed by atoms with van der Waals surface area (Å²) in [4.78, 5) is 0. The molecule has 0 atom stereocenters. The summed E-state index contributed by atoms with van der Waals surface area (Å²) in [5, 5.41) is 0. The zero-order valence-electron chi connectivity index (χ0n) is 12.8. The minimum Gasteiger partial charge on any atom is -0.497 e. The molecule has 0 spiro atoms. The maximum atomic E-state index is 5.33. The van der Waals surface area contributed by atoms with Crippen LogP contribution in [0.3, 0.4) is 0 Å². The Hall–Kier alpha value is -2.40. The second-order valence-electron chi connectivity index (χ2n) is 4.76. The van der Waals surface area contributed by atoms with Crippen molar-refractivity contribution >= 4 is 0 Å². The van der Waals surface area contributed by atoms with Crippen molar-refractivity contribution in [2.45, 2.75) is 19.8 Å². The molecule has 0 amide bonds. The van der Waals surface area contributed by atoms with Crippen LogP contribution in [-0.4, -0.2) is 14.2 Å². The van der Waals surface area contributed by atoms with Crippen LogP contribution in [-0.2, 0) is 6.42 Å². The minimum absolute atomic E-state index is 0.755. The molecule has 2 rings (SSSR count). The van der Waals surface area contributed by atoms with E-state index in [9.17, 15) is 0 Å². The van der Waals surface area contributed by atoms with Gasteiger partial charge >= 0.3 is 0 Å². The highest BCUT2D eigenvalue weighted by molar-refractivity contribution is 5.52. The Morgan fingerprint density at radius 3 is 2.29 bits per heavy atom. The van der Waals surface area contributed by atoms with Gasteiger partial charge in [-0.2, -0.15) is 0 Å². The van der Waals surface area contributed by atoms with Gasteiger partial charge in [-0.25, -0.2) is 0 Å². The Labute approximate surface area is 126 Å². The third-order valence-corrected chi connectivity index (χ3v) is 3.24. The van der Waals surface area contributed by atoms with Crippen LogP contribution in [0.4, 0.5) is 0 Å². The molecule has 2 aromatic carbocycles. The fourth-order valence-corrected chi connectivity index (χ4v) is 2.09. The van der Waals surface area contributed by atoms with Gasteiger partial charge in [-0.15, -0.1) is 0 Å². The lowest BCUT2D eigenvalue weighted by molar-refractivity contribution is 0.402. The van der Waals surface area contributed by atoms with Gasteiger partial charge in [0, 0.05) is 5.56 Å². The van der Waals surface area contributed by atoms with Gasteiger partial charge in [-0.05, 0) is 42.3 Å². The summed E-state index contributed by atoms with van der Waals surface area (Å²) < 4.78 is 10.6. The molecule has 108 valence electrons. The Balaban J connectivity index is 2.25. The van der Waals surface area contributed by atoms with Crippen LogP contribution in [0.1, 0.15) is 30.0 Å². The van der Waals surface area contributed by atoms with E-state index >= 15 is 0 Å². The second kappa shape index (κ2) is 7.40. The first-order chi connectivity index (χ1) is 10.3. The smallest absolute Gasteiger partial charge is 0.134 e. The Morgan fingerprint density at radius 1 is 0.905 bits per heavy atom. The van der Waals surface area contributed by atoms with Crippen molar-refractivity contribution in [1.82, 2.24) is 0 Å². The highest BCUT2D eigenvalue weighted by Gasteiger charge is 2.02. The lowest BCUT2D eigenvalue weighted by Gasteiger charge is -2.05. The molecule has 0 radical (unpaired) electrons. The molecule has 0 aliphatic heterocycles. The maximum Gasteiger partial charge on any atom is 0.134 e. The van der Waals surface area contributed by atoms with Crippen molar-refractivity contribution in [3.63, 3.8) is 0 Å². The molecule has 0 heterocycles. The number of rotatable bonds is 4. The van der Waals surface area contributed by atoms with Crippen molar-refractivity contribution in [2.75, 3.05) is 14.2 Å². The molecule has 0 aliphatic rings. The summed E-state index contributed by atoms with van der Waals surface area (Å²) in [5.74, 6) is 7.85. The average Bonchev–Trinajstić information content (AvgIpc) is 2.54. The molecule has 0 unspecified atom stereocenters. The molecule has 0 aliphatic carbocycles. The van der Waals surface area contributed by atoms with Crippen molar-refractivity contribution < 1.29 is 9.47 Å². The van der Waals surface area contributed by atoms with Gasteiger partial charge in [0.15, 0.2) is 0 Å². The summed E-state index contributed by atoms with van der Waals surface area (Å²) >= 11 is 0. The first-order valence-electron chi connectivity index (χ1n) is 7.09. The molecular formula is C19H20O2. The zero-order valence-corrected chi connectivity index (χ0v) is 12.8. The van der Waals surface area contributed by atoms with E-state index in [-0.39, 0.29) is 0 Å². The molecule has 0 N–H and O–H groups in total. The molecule has 21 heavy (non-hydrogen) atoms. The molecule has 0 fully saturated rings. The Morgan fingerprint density at radius 2 is 1.67 bits per heavy atom. The predicted octanol–water partition coefficient (Wildman–Crippen LogP) is 4.06. The van der Waals surface area contributed by atoms with E-state index in [2.05, 4.69) is 43.0 Å². The van der Waals surface area contributed by atoms with Crippen LogP contribution in [0.2, 0.25) is 0 Å². The van der Waals surface area contributed by atoms with Crippen molar-refractivity contribution in [3.8, 4) is 23.3 Å². The number of hydrogen-bond acceptors (Lipinski definition) is 2. The summed E-state index contributed by atoms with van der Waals surface area (Å²) in [6, 6.07) is 14.0. The van der Waals surface area contributed by atoms with Crippen LogP contribution < -0.4 is 9.47 Å². The van der Waals surface area contributed by atoms with E-state index in [1.165, 1.54) is 5.56 Å². The highest BCUT2D eigenvalue weighted by atomic mass is 16.5. The molecule has 2 nitrogen and oxygen atoms in total. The van der Waals surface area contributed by atoms with Crippen LogP contribution in [0, 0.1) is 11.8 Å². The largest absolute Gasteiger partial charge is 0.497 e. The fourth-order valence-electron chi connectivity index (χ4n) is 2.09. The number of aryl methyl sites for hydroxylation is 1. The third-order valence-electron chi connectivity index (χ3n) is 3.24. The topological polar surface area (TPSA) is 18.5 Å². The Kier molecular flexibility index (Phi) is 5.29. The van der Waals surface area contributed by atoms with Crippen molar-refractivity contribution in [3.05, 3.63) is 59.2 Å². The summed E-state index contributed by atoms with van der Waals surface area (Å²) in [6.07, 6.45) is 2.27. The van der Waals surface area contributed by atoms with Crippen molar-refractivity contribution in [1.29, 1.82) is 0 Å². The van der Waals surface area contributed by atoms with E-state index in [1.54, 1.807) is 14.2 Å². The highest BCUT2D eigenvalue weighted by Crippen LogP contribution is 2.23. The van der Waals surface area contributed by atoms with E-state index in [1.807, 2.05) is 18.2 Å². The van der Waals surface area contributed by atoms with Gasteiger partial charge < -0.3 is 9.47 Å². The van der Waals surface area contributed by atoms with Gasteiger partial charge in [-0.3, -0.25) is 0 Å². The molecule has 0 bridgehead atoms. The first-order valence-corrected chi connectivity index (χ1v) is 7.09. The SMILES string of the molecule is CCCc1ccc(C#Cc2cc(OC)ccc2OC)cc1. The van der Waals surface area contributed by atoms with Crippen LogP contribution in [0.15, 0.2) is 42.5 Å². The summed E-state index contributed by atoms with van der Waals surface area (Å²) in [6.45, 7) is 2.18. The lowest BCUT2D eigenvalue weighted by Crippen LogP contribution is -1.90. The van der Waals surface area contributed by atoms with E-state index in [0.717, 1.165) is 35.5 Å². The predicted molar refractivity (Wildman–Crippen MR) is 86.0 cm³/mol. The lowest BCUT2D eigenvalue weighted by atomic mass is 10.1. The van der Waals surface area contributed by atoms with Gasteiger partial charge in [0.05, 0.1) is 19.8 Å². The molecular weight excluding hydrogens is 260 g/mol. The molecule has 0 saturated carbocycles. The summed E-state index contributed by atoms with van der Waals surface area (Å²) in [7, 11) is 3.29. The van der Waals surface area contributed by atoms with E-state index in [0.29, 0.717) is 0 Å². The van der Waals surface area contributed by atoms with E-state index in [4.69, 9.17) is 9.47 Å². The van der Waals surface area contributed by atoms with Crippen LogP contribution in [0.25, 0.3) is 0 Å². The third kappa shape index (κ3) is 4.03. The monoisotopic (exact) mass is 280 g/mol. The van der Waals surface area contributed by atoms with E-state index < -0.39 is 0 Å². The van der Waals surface area contributed by atoms with Crippen molar-refractivity contribution in [2.24, 2.45) is 0 Å². The van der Waals surface area contributed by atoms with Gasteiger partial charge in [-0.1, -0.05) is 37.3 Å². The molecule has 0 aromatic heterocycles. The number of ether oxygens (including phenoxy) is 2. The van der Waals surface area contributed by atoms with Crippen LogP contribution >= 0.6 is 0 Å². The number of hydrogen-bond donors (Lipinski definition) is 0. The average molecular weight is 280 g/mol. The quantitative estimate of drug-likeness (QED) is 0.786. The second-order valence-corrected chi connectivity index (χ2v) is 4.76.